The quantitative estimate of drug-likeness (QED) is 0.686. The van der Waals surface area contributed by atoms with E-state index in [-0.39, 0.29) is 18.4 Å². The second-order valence-corrected chi connectivity index (χ2v) is 4.43. The summed E-state index contributed by atoms with van der Waals surface area (Å²) in [6.07, 6.45) is 3.59. The minimum atomic E-state index is -0.118. The molecule has 90 valence electrons. The number of ether oxygens (including phenoxy) is 2. The maximum absolute atomic E-state index is 12.1. The Labute approximate surface area is 96.2 Å². The number of amides is 1. The summed E-state index contributed by atoms with van der Waals surface area (Å²) in [5.74, 6) is -0.0428. The van der Waals surface area contributed by atoms with Gasteiger partial charge in [-0.3, -0.25) is 9.69 Å². The summed E-state index contributed by atoms with van der Waals surface area (Å²) in [5, 5.41) is 0. The first-order valence-corrected chi connectivity index (χ1v) is 5.91. The van der Waals surface area contributed by atoms with Gasteiger partial charge in [0.15, 0.2) is 0 Å². The van der Waals surface area contributed by atoms with Crippen LogP contribution in [-0.2, 0) is 14.3 Å². The highest BCUT2D eigenvalue weighted by atomic mass is 16.5. The predicted octanol–water partition coefficient (Wildman–Crippen LogP) is 1.66. The van der Waals surface area contributed by atoms with E-state index in [1.54, 1.807) is 11.8 Å². The standard InChI is InChI=1S/C12H19NO3/c1-9(2)12(14)13(10-5-3-7-15-10)11-6-4-8-16-11/h10-11H,1,3-8H2,2H3. The molecule has 2 rings (SSSR count). The van der Waals surface area contributed by atoms with E-state index >= 15 is 0 Å². The first-order valence-electron chi connectivity index (χ1n) is 5.91. The van der Waals surface area contributed by atoms with Crippen molar-refractivity contribution in [2.45, 2.75) is 45.1 Å². The van der Waals surface area contributed by atoms with Gasteiger partial charge in [0, 0.05) is 18.8 Å². The van der Waals surface area contributed by atoms with Gasteiger partial charge < -0.3 is 9.47 Å². The van der Waals surface area contributed by atoms with Crippen molar-refractivity contribution in [2.24, 2.45) is 0 Å². The SMILES string of the molecule is C=C(C)C(=O)N(C1CCCO1)C1CCCO1. The smallest absolute Gasteiger partial charge is 0.252 e. The highest BCUT2D eigenvalue weighted by Gasteiger charge is 2.35. The van der Waals surface area contributed by atoms with Gasteiger partial charge in [-0.2, -0.15) is 0 Å². The molecule has 0 spiro atoms. The third-order valence-corrected chi connectivity index (χ3v) is 3.03. The van der Waals surface area contributed by atoms with Gasteiger partial charge >= 0.3 is 0 Å². The molecule has 4 heteroatoms. The van der Waals surface area contributed by atoms with Gasteiger partial charge in [-0.1, -0.05) is 6.58 Å². The molecular weight excluding hydrogens is 206 g/mol. The van der Waals surface area contributed by atoms with Gasteiger partial charge in [-0.05, 0) is 32.6 Å². The van der Waals surface area contributed by atoms with E-state index in [9.17, 15) is 4.79 Å². The number of carbonyl (C=O) groups excluding carboxylic acids is 1. The molecule has 0 aliphatic carbocycles. The summed E-state index contributed by atoms with van der Waals surface area (Å²) >= 11 is 0. The summed E-state index contributed by atoms with van der Waals surface area (Å²) in [6.45, 7) is 6.92. The van der Waals surface area contributed by atoms with Crippen molar-refractivity contribution in [3.05, 3.63) is 12.2 Å². The monoisotopic (exact) mass is 225 g/mol. The topological polar surface area (TPSA) is 38.8 Å². The zero-order valence-corrected chi connectivity index (χ0v) is 9.78. The minimum absolute atomic E-state index is 0.0428. The van der Waals surface area contributed by atoms with E-state index in [0.29, 0.717) is 5.57 Å². The second kappa shape index (κ2) is 4.97. The molecule has 0 radical (unpaired) electrons. The fourth-order valence-electron chi connectivity index (χ4n) is 2.23. The molecular formula is C12H19NO3. The summed E-state index contributed by atoms with van der Waals surface area (Å²) in [4.78, 5) is 13.8. The Morgan fingerprint density at radius 2 is 1.69 bits per heavy atom. The van der Waals surface area contributed by atoms with Crippen LogP contribution in [0.3, 0.4) is 0 Å². The maximum Gasteiger partial charge on any atom is 0.252 e. The van der Waals surface area contributed by atoms with Gasteiger partial charge in [0.05, 0.1) is 0 Å². The Hall–Kier alpha value is -0.870. The Bertz CT molecular complexity index is 262. The van der Waals surface area contributed by atoms with E-state index in [0.717, 1.165) is 38.9 Å². The predicted molar refractivity (Wildman–Crippen MR) is 59.6 cm³/mol. The van der Waals surface area contributed by atoms with Crippen LogP contribution in [0.4, 0.5) is 0 Å². The lowest BCUT2D eigenvalue weighted by Crippen LogP contribution is -2.47. The molecule has 2 aliphatic rings. The lowest BCUT2D eigenvalue weighted by molar-refractivity contribution is -0.159. The fourth-order valence-corrected chi connectivity index (χ4v) is 2.23. The average Bonchev–Trinajstić information content (AvgIpc) is 2.89. The van der Waals surface area contributed by atoms with Crippen molar-refractivity contribution >= 4 is 5.91 Å². The van der Waals surface area contributed by atoms with Crippen LogP contribution in [0, 0.1) is 0 Å². The summed E-state index contributed by atoms with van der Waals surface area (Å²) in [7, 11) is 0. The van der Waals surface area contributed by atoms with Crippen molar-refractivity contribution in [3.8, 4) is 0 Å². The Morgan fingerprint density at radius 1 is 1.19 bits per heavy atom. The summed E-state index contributed by atoms with van der Waals surface area (Å²) in [6, 6.07) is 0. The molecule has 16 heavy (non-hydrogen) atoms. The number of hydrogen-bond donors (Lipinski definition) is 0. The van der Waals surface area contributed by atoms with Crippen LogP contribution in [-0.4, -0.2) is 36.5 Å². The van der Waals surface area contributed by atoms with Crippen LogP contribution in [0.1, 0.15) is 32.6 Å². The third-order valence-electron chi connectivity index (χ3n) is 3.03. The highest BCUT2D eigenvalue weighted by molar-refractivity contribution is 5.92. The van der Waals surface area contributed by atoms with Crippen LogP contribution in [0.5, 0.6) is 0 Å². The van der Waals surface area contributed by atoms with Gasteiger partial charge in [-0.15, -0.1) is 0 Å². The molecule has 0 aromatic carbocycles. The fraction of sp³-hybridized carbons (Fsp3) is 0.750. The molecule has 0 saturated carbocycles. The highest BCUT2D eigenvalue weighted by Crippen LogP contribution is 2.26. The average molecular weight is 225 g/mol. The molecule has 0 N–H and O–H groups in total. The molecule has 0 bridgehead atoms. The zero-order chi connectivity index (χ0) is 11.5. The Kier molecular flexibility index (Phi) is 3.61. The normalized spacial score (nSPS) is 29.3. The third kappa shape index (κ3) is 2.28. The number of rotatable bonds is 3. The summed E-state index contributed by atoms with van der Waals surface area (Å²) in [5.41, 5.74) is 0.547. The van der Waals surface area contributed by atoms with Gasteiger partial charge in [0.2, 0.25) is 0 Å². The lowest BCUT2D eigenvalue weighted by atomic mass is 10.2. The second-order valence-electron chi connectivity index (χ2n) is 4.43. The van der Waals surface area contributed by atoms with Crippen LogP contribution < -0.4 is 0 Å². The molecule has 2 aliphatic heterocycles. The van der Waals surface area contributed by atoms with Crippen LogP contribution >= 0.6 is 0 Å². The maximum atomic E-state index is 12.1. The van der Waals surface area contributed by atoms with Crippen molar-refractivity contribution in [1.29, 1.82) is 0 Å². The molecule has 0 aromatic rings. The van der Waals surface area contributed by atoms with E-state index < -0.39 is 0 Å². The van der Waals surface area contributed by atoms with Crippen molar-refractivity contribution in [2.75, 3.05) is 13.2 Å². The largest absolute Gasteiger partial charge is 0.358 e. The first-order chi connectivity index (χ1) is 7.70. The van der Waals surface area contributed by atoms with Crippen LogP contribution in [0.25, 0.3) is 0 Å². The first kappa shape index (κ1) is 11.6. The van der Waals surface area contributed by atoms with Gasteiger partial charge in [-0.25, -0.2) is 0 Å². The van der Waals surface area contributed by atoms with E-state index in [4.69, 9.17) is 9.47 Å². The van der Waals surface area contributed by atoms with Crippen molar-refractivity contribution < 1.29 is 14.3 Å². The molecule has 1 amide bonds. The number of carbonyl (C=O) groups is 1. The zero-order valence-electron chi connectivity index (χ0n) is 9.78. The van der Waals surface area contributed by atoms with Crippen molar-refractivity contribution in [1.82, 2.24) is 4.90 Å². The van der Waals surface area contributed by atoms with Gasteiger partial charge in [0.1, 0.15) is 12.5 Å². The van der Waals surface area contributed by atoms with Crippen LogP contribution in [0.15, 0.2) is 12.2 Å². The number of hydrogen-bond acceptors (Lipinski definition) is 3. The molecule has 2 unspecified atom stereocenters. The summed E-state index contributed by atoms with van der Waals surface area (Å²) < 4.78 is 11.2. The molecule has 2 heterocycles. The molecule has 2 fully saturated rings. The Balaban J connectivity index is 2.10. The lowest BCUT2D eigenvalue weighted by Gasteiger charge is -2.33. The van der Waals surface area contributed by atoms with E-state index in [2.05, 4.69) is 6.58 Å². The molecule has 2 atom stereocenters. The van der Waals surface area contributed by atoms with E-state index in [1.165, 1.54) is 0 Å². The molecule has 0 aromatic heterocycles. The van der Waals surface area contributed by atoms with E-state index in [1.807, 2.05) is 0 Å². The molecule has 4 nitrogen and oxygen atoms in total. The Morgan fingerprint density at radius 3 is 2.00 bits per heavy atom. The van der Waals surface area contributed by atoms with Crippen molar-refractivity contribution in [3.63, 3.8) is 0 Å². The minimum Gasteiger partial charge on any atom is -0.358 e. The molecule has 2 saturated heterocycles. The van der Waals surface area contributed by atoms with Gasteiger partial charge in [0.25, 0.3) is 5.91 Å². The van der Waals surface area contributed by atoms with Crippen LogP contribution in [0.2, 0.25) is 0 Å². The number of nitrogens with zero attached hydrogens (tertiary/aromatic N) is 1.